The molecule has 0 aromatic carbocycles. The lowest BCUT2D eigenvalue weighted by molar-refractivity contribution is -0.116. The Kier molecular flexibility index (Phi) is 1.35. The molecule has 0 aromatic heterocycles. The smallest absolute Gasteiger partial charge is 0.294 e. The summed E-state index contributed by atoms with van der Waals surface area (Å²) in [7, 11) is 0. The highest BCUT2D eigenvalue weighted by Crippen LogP contribution is 1.86. The minimum absolute atomic E-state index is 0.280. The first-order valence-electron chi connectivity index (χ1n) is 2.13. The molecular formula is C4H2N2O2S. The van der Waals surface area contributed by atoms with Crippen LogP contribution in [0.15, 0.2) is 4.99 Å². The summed E-state index contributed by atoms with van der Waals surface area (Å²) in [5.74, 6) is -1.20. The summed E-state index contributed by atoms with van der Waals surface area (Å²) >= 11 is 4.38. The zero-order valence-corrected chi connectivity index (χ0v) is 5.07. The number of nitrogens with one attached hydrogen (secondary N) is 1. The molecule has 0 saturated carbocycles. The molecule has 0 unspecified atom stereocenters. The highest BCUT2D eigenvalue weighted by atomic mass is 32.1. The number of rotatable bonds is 0. The Balaban J connectivity index is 2.94. The standard InChI is InChI=1S/C4H2N2O2S/c7-3-2(9)4(8)6-1-5-3/h1H,(H,5,6,7,8). The van der Waals surface area contributed by atoms with Gasteiger partial charge in [-0.15, -0.1) is 0 Å². The van der Waals surface area contributed by atoms with Gasteiger partial charge in [-0.25, -0.2) is 0 Å². The van der Waals surface area contributed by atoms with Gasteiger partial charge in [0, 0.05) is 0 Å². The Labute approximate surface area is 56.0 Å². The van der Waals surface area contributed by atoms with Crippen molar-refractivity contribution in [1.82, 2.24) is 5.32 Å². The van der Waals surface area contributed by atoms with Gasteiger partial charge in [-0.05, 0) is 0 Å². The van der Waals surface area contributed by atoms with Crippen molar-refractivity contribution in [2.45, 2.75) is 0 Å². The quantitative estimate of drug-likeness (QED) is 0.443. The van der Waals surface area contributed by atoms with E-state index in [2.05, 4.69) is 22.5 Å². The molecule has 1 rings (SSSR count). The predicted molar refractivity (Wildman–Crippen MR) is 34.2 cm³/mol. The molecule has 1 aliphatic heterocycles. The first-order chi connectivity index (χ1) is 4.22. The van der Waals surface area contributed by atoms with E-state index in [9.17, 15) is 9.59 Å². The fourth-order valence-electron chi connectivity index (χ4n) is 0.371. The highest BCUT2D eigenvalue weighted by Gasteiger charge is 2.19. The van der Waals surface area contributed by atoms with Crippen LogP contribution < -0.4 is 5.32 Å². The van der Waals surface area contributed by atoms with Gasteiger partial charge in [0.25, 0.3) is 11.8 Å². The predicted octanol–water partition coefficient (Wildman–Crippen LogP) is -0.959. The van der Waals surface area contributed by atoms with Crippen LogP contribution in [0.2, 0.25) is 0 Å². The van der Waals surface area contributed by atoms with Crippen LogP contribution >= 0.6 is 12.2 Å². The Morgan fingerprint density at radius 1 is 1.56 bits per heavy atom. The summed E-state index contributed by atoms with van der Waals surface area (Å²) in [4.78, 5) is 23.8. The second kappa shape index (κ2) is 2.02. The highest BCUT2D eigenvalue weighted by molar-refractivity contribution is 7.84. The van der Waals surface area contributed by atoms with Crippen LogP contribution in [0.3, 0.4) is 0 Å². The van der Waals surface area contributed by atoms with E-state index in [1.54, 1.807) is 0 Å². The van der Waals surface area contributed by atoms with Crippen LogP contribution in [0, 0.1) is 0 Å². The number of nitrogens with zero attached hydrogens (tertiary/aromatic N) is 1. The van der Waals surface area contributed by atoms with Gasteiger partial charge in [0.2, 0.25) is 0 Å². The fraction of sp³-hybridized carbons (Fsp3) is 0. The second-order valence-corrected chi connectivity index (χ2v) is 1.77. The lowest BCUT2D eigenvalue weighted by atomic mass is 10.3. The van der Waals surface area contributed by atoms with E-state index in [4.69, 9.17) is 0 Å². The van der Waals surface area contributed by atoms with E-state index in [-0.39, 0.29) is 4.86 Å². The Bertz CT molecular complexity index is 221. The van der Waals surface area contributed by atoms with Gasteiger partial charge < -0.3 is 5.32 Å². The minimum Gasteiger partial charge on any atom is -0.312 e. The van der Waals surface area contributed by atoms with Gasteiger partial charge in [-0.2, -0.15) is 4.99 Å². The molecule has 0 saturated heterocycles. The van der Waals surface area contributed by atoms with Gasteiger partial charge in [0.15, 0.2) is 4.86 Å². The summed E-state index contributed by atoms with van der Waals surface area (Å²) in [5.41, 5.74) is 0. The zero-order valence-electron chi connectivity index (χ0n) is 4.25. The molecule has 9 heavy (non-hydrogen) atoms. The van der Waals surface area contributed by atoms with Gasteiger partial charge in [-0.3, -0.25) is 9.59 Å². The third-order valence-corrected chi connectivity index (χ3v) is 1.14. The number of aliphatic imine (C=N–C) groups is 1. The molecule has 0 aromatic rings. The SMILES string of the molecule is O=C1N=CNC(=O)C1=S. The third kappa shape index (κ3) is 0.996. The summed E-state index contributed by atoms with van der Waals surface area (Å²) < 4.78 is 0. The summed E-state index contributed by atoms with van der Waals surface area (Å²) in [6, 6.07) is 0. The van der Waals surface area contributed by atoms with Crippen molar-refractivity contribution < 1.29 is 9.59 Å². The van der Waals surface area contributed by atoms with Crippen LogP contribution in [-0.2, 0) is 9.59 Å². The van der Waals surface area contributed by atoms with Gasteiger partial charge in [0.05, 0.1) is 6.34 Å². The molecule has 5 heteroatoms. The second-order valence-electron chi connectivity index (χ2n) is 1.37. The van der Waals surface area contributed by atoms with E-state index < -0.39 is 11.8 Å². The van der Waals surface area contributed by atoms with Crippen LogP contribution in [0.5, 0.6) is 0 Å². The molecule has 1 heterocycles. The van der Waals surface area contributed by atoms with Crippen molar-refractivity contribution in [3.8, 4) is 0 Å². The van der Waals surface area contributed by atoms with Gasteiger partial charge in [0.1, 0.15) is 0 Å². The monoisotopic (exact) mass is 142 g/mol. The largest absolute Gasteiger partial charge is 0.312 e. The molecule has 0 bridgehead atoms. The van der Waals surface area contributed by atoms with Crippen molar-refractivity contribution in [3.63, 3.8) is 0 Å². The number of thiocarbonyl (C=S) groups is 1. The van der Waals surface area contributed by atoms with E-state index in [1.807, 2.05) is 0 Å². The molecule has 0 atom stereocenters. The normalized spacial score (nSPS) is 18.0. The average molecular weight is 142 g/mol. The minimum atomic E-state index is -0.645. The van der Waals surface area contributed by atoms with Crippen molar-refractivity contribution >= 4 is 35.2 Å². The van der Waals surface area contributed by atoms with Crippen LogP contribution in [0.4, 0.5) is 0 Å². The lowest BCUT2D eigenvalue weighted by Crippen LogP contribution is -2.37. The third-order valence-electron chi connectivity index (χ3n) is 0.778. The first kappa shape index (κ1) is 6.03. The molecule has 1 N–H and O–H groups in total. The lowest BCUT2D eigenvalue weighted by Gasteiger charge is -2.01. The van der Waals surface area contributed by atoms with E-state index in [0.29, 0.717) is 0 Å². The van der Waals surface area contributed by atoms with Crippen LogP contribution in [-0.4, -0.2) is 23.0 Å². The molecule has 2 amide bonds. The summed E-state index contributed by atoms with van der Waals surface area (Å²) in [6.07, 6.45) is 1.03. The molecule has 46 valence electrons. The summed E-state index contributed by atoms with van der Waals surface area (Å²) in [5, 5.41) is 2.17. The Hall–Kier alpha value is -1.10. The Morgan fingerprint density at radius 3 is 2.67 bits per heavy atom. The number of hydrogen-bond donors (Lipinski definition) is 1. The van der Waals surface area contributed by atoms with E-state index >= 15 is 0 Å². The molecule has 0 radical (unpaired) electrons. The number of amides is 2. The molecule has 0 fully saturated rings. The fourth-order valence-corrected chi connectivity index (χ4v) is 0.482. The van der Waals surface area contributed by atoms with Crippen molar-refractivity contribution in [2.75, 3.05) is 0 Å². The van der Waals surface area contributed by atoms with Gasteiger partial charge >= 0.3 is 0 Å². The summed E-state index contributed by atoms with van der Waals surface area (Å²) in [6.45, 7) is 0. The maximum absolute atomic E-state index is 10.4. The van der Waals surface area contributed by atoms with Crippen molar-refractivity contribution in [2.24, 2.45) is 4.99 Å². The zero-order chi connectivity index (χ0) is 6.85. The van der Waals surface area contributed by atoms with Gasteiger partial charge in [-0.1, -0.05) is 12.2 Å². The molecule has 0 spiro atoms. The molecular weight excluding hydrogens is 140 g/mol. The molecule has 1 aliphatic rings. The number of hydrogen-bond acceptors (Lipinski definition) is 3. The number of carbonyl (C=O) groups excluding carboxylic acids is 2. The van der Waals surface area contributed by atoms with E-state index in [0.717, 1.165) is 6.34 Å². The maximum atomic E-state index is 10.4. The van der Waals surface area contributed by atoms with Crippen molar-refractivity contribution in [1.29, 1.82) is 0 Å². The Morgan fingerprint density at radius 2 is 2.22 bits per heavy atom. The van der Waals surface area contributed by atoms with Crippen LogP contribution in [0.25, 0.3) is 0 Å². The maximum Gasteiger partial charge on any atom is 0.294 e. The van der Waals surface area contributed by atoms with Crippen molar-refractivity contribution in [3.05, 3.63) is 0 Å². The topological polar surface area (TPSA) is 58.5 Å². The molecule has 0 aliphatic carbocycles. The van der Waals surface area contributed by atoms with E-state index in [1.165, 1.54) is 0 Å². The average Bonchev–Trinajstić information content (AvgIpc) is 1.83. The number of carbonyl (C=O) groups is 2. The molecule has 4 nitrogen and oxygen atoms in total. The first-order valence-corrected chi connectivity index (χ1v) is 2.54. The van der Waals surface area contributed by atoms with Crippen LogP contribution in [0.1, 0.15) is 0 Å².